The van der Waals surface area contributed by atoms with Crippen molar-refractivity contribution in [3.05, 3.63) is 59.2 Å². The lowest BCUT2D eigenvalue weighted by molar-refractivity contribution is 0.137. The van der Waals surface area contributed by atoms with Crippen LogP contribution in [0.2, 0.25) is 0 Å². The van der Waals surface area contributed by atoms with Gasteiger partial charge in [-0.15, -0.1) is 0 Å². The zero-order chi connectivity index (χ0) is 23.1. The molecule has 3 N–H and O–H groups in total. The molecule has 30 heavy (non-hydrogen) atoms. The SMILES string of the molecule is CC(C)(C)c1cc(CO[PH](=O)Oc2ccccc2)cc(C(C)(C)C)c1O.O=C(O)O. The number of carbonyl (C=O) groups is 1. The maximum atomic E-state index is 12.1. The highest BCUT2D eigenvalue weighted by atomic mass is 31.1. The van der Waals surface area contributed by atoms with E-state index in [9.17, 15) is 9.67 Å². The van der Waals surface area contributed by atoms with E-state index < -0.39 is 14.4 Å². The Morgan fingerprint density at radius 1 is 0.933 bits per heavy atom. The zero-order valence-corrected chi connectivity index (χ0v) is 19.2. The molecule has 2 rings (SSSR count). The molecule has 0 aliphatic heterocycles. The van der Waals surface area contributed by atoms with Crippen molar-refractivity contribution in [3.63, 3.8) is 0 Å². The summed E-state index contributed by atoms with van der Waals surface area (Å²) in [5, 5.41) is 24.7. The normalized spacial score (nSPS) is 12.5. The number of aromatic hydroxyl groups is 1. The molecule has 0 fully saturated rings. The van der Waals surface area contributed by atoms with E-state index in [0.717, 1.165) is 16.7 Å². The first-order valence-electron chi connectivity index (χ1n) is 9.40. The number of rotatable bonds is 5. The van der Waals surface area contributed by atoms with E-state index in [-0.39, 0.29) is 17.4 Å². The van der Waals surface area contributed by atoms with Gasteiger partial charge in [0.05, 0.1) is 6.61 Å². The molecule has 0 heterocycles. The Kier molecular flexibility index (Phi) is 8.94. The van der Waals surface area contributed by atoms with Gasteiger partial charge >= 0.3 is 14.4 Å². The van der Waals surface area contributed by atoms with Gasteiger partial charge in [0.25, 0.3) is 0 Å². The minimum Gasteiger partial charge on any atom is -0.507 e. The van der Waals surface area contributed by atoms with Crippen LogP contribution < -0.4 is 4.52 Å². The predicted octanol–water partition coefficient (Wildman–Crippen LogP) is 6.19. The van der Waals surface area contributed by atoms with Crippen LogP contribution in [0.4, 0.5) is 4.79 Å². The third-order valence-electron chi connectivity index (χ3n) is 4.09. The van der Waals surface area contributed by atoms with Crippen molar-refractivity contribution in [2.24, 2.45) is 0 Å². The molecule has 2 aromatic rings. The van der Waals surface area contributed by atoms with Crippen LogP contribution in [0.15, 0.2) is 42.5 Å². The molecule has 0 saturated carbocycles. The highest BCUT2D eigenvalue weighted by Crippen LogP contribution is 2.40. The van der Waals surface area contributed by atoms with Crippen molar-refractivity contribution >= 4 is 14.4 Å². The molecule has 0 saturated heterocycles. The number of hydrogen-bond donors (Lipinski definition) is 3. The minimum atomic E-state index is -2.66. The molecule has 2 aromatic carbocycles. The fourth-order valence-electron chi connectivity index (χ4n) is 2.68. The van der Waals surface area contributed by atoms with Crippen LogP contribution in [0.3, 0.4) is 0 Å². The number of para-hydroxylation sites is 1. The van der Waals surface area contributed by atoms with E-state index in [4.69, 9.17) is 24.1 Å². The number of hydrogen-bond acceptors (Lipinski definition) is 5. The largest absolute Gasteiger partial charge is 0.507 e. The highest BCUT2D eigenvalue weighted by molar-refractivity contribution is 7.33. The third kappa shape index (κ3) is 8.47. The van der Waals surface area contributed by atoms with Crippen molar-refractivity contribution in [2.75, 3.05) is 0 Å². The molecule has 166 valence electrons. The Hall–Kier alpha value is -2.50. The van der Waals surface area contributed by atoms with Gasteiger partial charge in [0.2, 0.25) is 0 Å². The van der Waals surface area contributed by atoms with E-state index in [2.05, 4.69) is 41.5 Å². The molecule has 1 unspecified atom stereocenters. The molecule has 0 spiro atoms. The van der Waals surface area contributed by atoms with Gasteiger partial charge in [0, 0.05) is 0 Å². The molecule has 0 amide bonds. The average Bonchev–Trinajstić information content (AvgIpc) is 2.59. The van der Waals surface area contributed by atoms with E-state index in [1.165, 1.54) is 0 Å². The number of carboxylic acid groups (broad SMARTS) is 2. The van der Waals surface area contributed by atoms with Crippen molar-refractivity contribution in [1.82, 2.24) is 0 Å². The quantitative estimate of drug-likeness (QED) is 0.477. The summed E-state index contributed by atoms with van der Waals surface area (Å²) in [6.45, 7) is 12.5. The smallest absolute Gasteiger partial charge is 0.503 e. The standard InChI is InChI=1S/C21H29O4P.CH2O3/c1-20(2,3)17-12-15(13-18(19(17)22)21(4,5)6)14-24-26(23)25-16-10-8-7-9-11-16;2-1(3)4/h7-13,22,26H,14H2,1-6H3;(H2,2,3,4). The molecule has 0 aromatic heterocycles. The van der Waals surface area contributed by atoms with E-state index >= 15 is 0 Å². The van der Waals surface area contributed by atoms with Crippen molar-refractivity contribution in [1.29, 1.82) is 0 Å². The summed E-state index contributed by atoms with van der Waals surface area (Å²) in [6, 6.07) is 12.8. The lowest BCUT2D eigenvalue weighted by atomic mass is 9.78. The number of phenols is 1. The van der Waals surface area contributed by atoms with Crippen LogP contribution in [-0.4, -0.2) is 21.5 Å². The topological polar surface area (TPSA) is 113 Å². The molecule has 1 atom stereocenters. The number of benzene rings is 2. The summed E-state index contributed by atoms with van der Waals surface area (Å²) in [7, 11) is -2.66. The summed E-state index contributed by atoms with van der Waals surface area (Å²) >= 11 is 0. The van der Waals surface area contributed by atoms with Crippen LogP contribution in [0.1, 0.15) is 58.2 Å². The van der Waals surface area contributed by atoms with Gasteiger partial charge < -0.3 is 19.8 Å². The maximum Gasteiger partial charge on any atom is 0.503 e. The molecule has 8 heteroatoms. The number of phenolic OH excluding ortho intramolecular Hbond substituents is 1. The molecular weight excluding hydrogens is 407 g/mol. The molecule has 7 nitrogen and oxygen atoms in total. The van der Waals surface area contributed by atoms with Gasteiger partial charge in [-0.3, -0.25) is 4.52 Å². The van der Waals surface area contributed by atoms with Crippen molar-refractivity contribution in [2.45, 2.75) is 59.0 Å². The fourth-order valence-corrected chi connectivity index (χ4v) is 3.35. The van der Waals surface area contributed by atoms with Crippen molar-refractivity contribution < 1.29 is 33.7 Å². The average molecular weight is 438 g/mol. The lowest BCUT2D eigenvalue weighted by Crippen LogP contribution is -2.18. The van der Waals surface area contributed by atoms with Gasteiger partial charge in [-0.2, -0.15) is 0 Å². The monoisotopic (exact) mass is 438 g/mol. The summed E-state index contributed by atoms with van der Waals surface area (Å²) in [6.07, 6.45) is -1.83. The predicted molar refractivity (Wildman–Crippen MR) is 117 cm³/mol. The first-order valence-corrected chi connectivity index (χ1v) is 10.6. The Balaban J connectivity index is 0.00000103. The summed E-state index contributed by atoms with van der Waals surface area (Å²) in [5.41, 5.74) is 2.14. The molecular formula is C22H31O7P. The summed E-state index contributed by atoms with van der Waals surface area (Å²) in [5.74, 6) is 0.842. The Morgan fingerprint density at radius 2 is 1.37 bits per heavy atom. The second-order valence-corrected chi connectivity index (χ2v) is 9.77. The lowest BCUT2D eigenvalue weighted by Gasteiger charge is -2.28. The molecule has 0 bridgehead atoms. The van der Waals surface area contributed by atoms with E-state index in [1.54, 1.807) is 12.1 Å². The Labute approximate surface area is 178 Å². The second kappa shape index (κ2) is 10.5. The van der Waals surface area contributed by atoms with E-state index in [1.807, 2.05) is 30.3 Å². The Bertz CT molecular complexity index is 826. The van der Waals surface area contributed by atoms with Crippen molar-refractivity contribution in [3.8, 4) is 11.5 Å². The zero-order valence-electron chi connectivity index (χ0n) is 18.2. The Morgan fingerprint density at radius 3 is 1.77 bits per heavy atom. The first-order chi connectivity index (χ1) is 13.7. The van der Waals surface area contributed by atoms with Crippen LogP contribution in [0, 0.1) is 0 Å². The third-order valence-corrected chi connectivity index (χ3v) is 4.87. The fraction of sp³-hybridized carbons (Fsp3) is 0.409. The van der Waals surface area contributed by atoms with Gasteiger partial charge in [0.15, 0.2) is 0 Å². The van der Waals surface area contributed by atoms with Gasteiger partial charge in [-0.25, -0.2) is 9.36 Å². The van der Waals surface area contributed by atoms with Crippen LogP contribution in [0.5, 0.6) is 11.5 Å². The van der Waals surface area contributed by atoms with Crippen LogP contribution >= 0.6 is 8.25 Å². The molecule has 0 aliphatic carbocycles. The minimum absolute atomic E-state index is 0.164. The van der Waals surface area contributed by atoms with Gasteiger partial charge in [0.1, 0.15) is 11.5 Å². The summed E-state index contributed by atoms with van der Waals surface area (Å²) in [4.78, 5) is 8.56. The maximum absolute atomic E-state index is 12.1. The first kappa shape index (κ1) is 25.5. The van der Waals surface area contributed by atoms with Gasteiger partial charge in [-0.1, -0.05) is 59.7 Å². The van der Waals surface area contributed by atoms with Crippen LogP contribution in [-0.2, 0) is 26.5 Å². The molecule has 0 radical (unpaired) electrons. The summed E-state index contributed by atoms with van der Waals surface area (Å²) < 4.78 is 22.9. The van der Waals surface area contributed by atoms with E-state index in [0.29, 0.717) is 11.5 Å². The molecule has 0 aliphatic rings. The second-order valence-electron chi connectivity index (χ2n) is 8.78. The van der Waals surface area contributed by atoms with Gasteiger partial charge in [-0.05, 0) is 51.8 Å². The van der Waals surface area contributed by atoms with Crippen LogP contribution in [0.25, 0.3) is 0 Å². The highest BCUT2D eigenvalue weighted by Gasteiger charge is 2.26.